The van der Waals surface area contributed by atoms with E-state index in [2.05, 4.69) is 19.2 Å². The molecule has 5 heteroatoms. The summed E-state index contributed by atoms with van der Waals surface area (Å²) in [5, 5.41) is 2.83. The highest BCUT2D eigenvalue weighted by atomic mass is 32.1. The Morgan fingerprint density at radius 2 is 2.00 bits per heavy atom. The SMILES string of the molecule is CC(C)COCCCC(=O)Nc1ccc(C(N)=S)cc1. The molecule has 110 valence electrons. The first-order valence-corrected chi connectivity index (χ1v) is 7.17. The van der Waals surface area contributed by atoms with Crippen LogP contribution in [0.1, 0.15) is 32.3 Å². The van der Waals surface area contributed by atoms with Gasteiger partial charge in [-0.2, -0.15) is 0 Å². The van der Waals surface area contributed by atoms with Gasteiger partial charge in [-0.25, -0.2) is 0 Å². The lowest BCUT2D eigenvalue weighted by atomic mass is 10.2. The lowest BCUT2D eigenvalue weighted by Crippen LogP contribution is -2.13. The van der Waals surface area contributed by atoms with Crippen LogP contribution in [-0.4, -0.2) is 24.1 Å². The molecule has 0 fully saturated rings. The average Bonchev–Trinajstić information content (AvgIpc) is 2.38. The summed E-state index contributed by atoms with van der Waals surface area (Å²) in [7, 11) is 0. The molecule has 0 bridgehead atoms. The molecule has 0 atom stereocenters. The molecule has 0 aliphatic heterocycles. The highest BCUT2D eigenvalue weighted by molar-refractivity contribution is 7.80. The van der Waals surface area contributed by atoms with Gasteiger partial charge in [-0.15, -0.1) is 0 Å². The molecule has 1 aromatic carbocycles. The van der Waals surface area contributed by atoms with Crippen LogP contribution in [-0.2, 0) is 9.53 Å². The second-order valence-electron chi connectivity index (χ2n) is 5.06. The number of hydrogen-bond donors (Lipinski definition) is 2. The first-order chi connectivity index (χ1) is 9.49. The zero-order valence-corrected chi connectivity index (χ0v) is 12.8. The standard InChI is InChI=1S/C15H22N2O2S/c1-11(2)10-19-9-3-4-14(18)17-13-7-5-12(6-8-13)15(16)20/h5-8,11H,3-4,9-10H2,1-2H3,(H2,16,20)(H,17,18). The number of nitrogens with two attached hydrogens (primary N) is 1. The minimum Gasteiger partial charge on any atom is -0.389 e. The quantitative estimate of drug-likeness (QED) is 0.571. The van der Waals surface area contributed by atoms with E-state index in [0.29, 0.717) is 23.9 Å². The fraction of sp³-hybridized carbons (Fsp3) is 0.467. The van der Waals surface area contributed by atoms with E-state index < -0.39 is 0 Å². The van der Waals surface area contributed by atoms with Crippen molar-refractivity contribution in [3.63, 3.8) is 0 Å². The summed E-state index contributed by atoms with van der Waals surface area (Å²) in [6.45, 7) is 5.56. The summed E-state index contributed by atoms with van der Waals surface area (Å²) in [6, 6.07) is 7.18. The van der Waals surface area contributed by atoms with Gasteiger partial charge in [0.15, 0.2) is 0 Å². The summed E-state index contributed by atoms with van der Waals surface area (Å²) in [4.78, 5) is 12.1. The zero-order valence-electron chi connectivity index (χ0n) is 12.0. The largest absolute Gasteiger partial charge is 0.389 e. The highest BCUT2D eigenvalue weighted by Crippen LogP contribution is 2.10. The van der Waals surface area contributed by atoms with Gasteiger partial charge in [0, 0.05) is 30.9 Å². The number of hydrogen-bond acceptors (Lipinski definition) is 3. The molecule has 0 heterocycles. The molecule has 1 amide bonds. The van der Waals surface area contributed by atoms with Gasteiger partial charge in [0.05, 0.1) is 0 Å². The second kappa shape index (κ2) is 8.66. The van der Waals surface area contributed by atoms with Gasteiger partial charge < -0.3 is 15.8 Å². The lowest BCUT2D eigenvalue weighted by Gasteiger charge is -2.08. The number of anilines is 1. The maximum Gasteiger partial charge on any atom is 0.224 e. The third-order valence-electron chi connectivity index (χ3n) is 2.60. The molecule has 0 aliphatic rings. The van der Waals surface area contributed by atoms with E-state index in [-0.39, 0.29) is 5.91 Å². The van der Waals surface area contributed by atoms with Crippen molar-refractivity contribution >= 4 is 28.8 Å². The number of thiocarbonyl (C=S) groups is 1. The highest BCUT2D eigenvalue weighted by Gasteiger charge is 2.03. The molecule has 0 unspecified atom stereocenters. The van der Waals surface area contributed by atoms with E-state index >= 15 is 0 Å². The minimum atomic E-state index is -0.0128. The fourth-order valence-electron chi connectivity index (χ4n) is 1.60. The molecule has 1 aromatic rings. The molecule has 20 heavy (non-hydrogen) atoms. The van der Waals surface area contributed by atoms with Gasteiger partial charge in [-0.05, 0) is 36.6 Å². The lowest BCUT2D eigenvalue weighted by molar-refractivity contribution is -0.116. The normalized spacial score (nSPS) is 10.6. The van der Waals surface area contributed by atoms with Crippen molar-refractivity contribution in [3.05, 3.63) is 29.8 Å². The van der Waals surface area contributed by atoms with Gasteiger partial charge in [-0.3, -0.25) is 4.79 Å². The summed E-state index contributed by atoms with van der Waals surface area (Å²) in [5.41, 5.74) is 7.05. The summed E-state index contributed by atoms with van der Waals surface area (Å²) < 4.78 is 5.43. The number of nitrogens with one attached hydrogen (secondary N) is 1. The third kappa shape index (κ3) is 6.63. The van der Waals surface area contributed by atoms with Crippen LogP contribution in [0.4, 0.5) is 5.69 Å². The van der Waals surface area contributed by atoms with Gasteiger partial charge in [-0.1, -0.05) is 26.1 Å². The van der Waals surface area contributed by atoms with Crippen molar-refractivity contribution in [2.45, 2.75) is 26.7 Å². The molecule has 3 N–H and O–H groups in total. The Kier molecular flexibility index (Phi) is 7.18. The van der Waals surface area contributed by atoms with Gasteiger partial charge in [0.1, 0.15) is 4.99 Å². The molecule has 0 radical (unpaired) electrons. The number of ether oxygens (including phenoxy) is 1. The van der Waals surface area contributed by atoms with Crippen LogP contribution >= 0.6 is 12.2 Å². The van der Waals surface area contributed by atoms with Crippen molar-refractivity contribution in [1.82, 2.24) is 0 Å². The smallest absolute Gasteiger partial charge is 0.224 e. The molecule has 0 saturated carbocycles. The van der Waals surface area contributed by atoms with Gasteiger partial charge in [0.25, 0.3) is 0 Å². The van der Waals surface area contributed by atoms with Crippen LogP contribution < -0.4 is 11.1 Å². The topological polar surface area (TPSA) is 64.3 Å². The minimum absolute atomic E-state index is 0.0128. The van der Waals surface area contributed by atoms with Crippen LogP contribution in [0.15, 0.2) is 24.3 Å². The van der Waals surface area contributed by atoms with Crippen LogP contribution in [0.2, 0.25) is 0 Å². The van der Waals surface area contributed by atoms with Crippen molar-refractivity contribution in [3.8, 4) is 0 Å². The van der Waals surface area contributed by atoms with Crippen molar-refractivity contribution in [1.29, 1.82) is 0 Å². The van der Waals surface area contributed by atoms with Gasteiger partial charge >= 0.3 is 0 Å². The first kappa shape index (κ1) is 16.6. The van der Waals surface area contributed by atoms with E-state index in [1.54, 1.807) is 24.3 Å². The van der Waals surface area contributed by atoms with E-state index in [9.17, 15) is 4.79 Å². The molecule has 0 spiro atoms. The van der Waals surface area contributed by atoms with Crippen molar-refractivity contribution in [2.24, 2.45) is 11.7 Å². The molecular weight excluding hydrogens is 272 g/mol. The van der Waals surface area contributed by atoms with E-state index in [4.69, 9.17) is 22.7 Å². The second-order valence-corrected chi connectivity index (χ2v) is 5.50. The Bertz CT molecular complexity index is 444. The molecule has 0 aliphatic carbocycles. The summed E-state index contributed by atoms with van der Waals surface area (Å²) in [6.07, 6.45) is 1.18. The number of carbonyl (C=O) groups excluding carboxylic acids is 1. The zero-order chi connectivity index (χ0) is 15.0. The summed E-state index contributed by atoms with van der Waals surface area (Å²) in [5.74, 6) is 0.511. The molecule has 0 aromatic heterocycles. The maximum atomic E-state index is 11.7. The third-order valence-corrected chi connectivity index (χ3v) is 2.83. The Hall–Kier alpha value is -1.46. The Balaban J connectivity index is 2.26. The van der Waals surface area contributed by atoms with E-state index in [1.807, 2.05) is 0 Å². The van der Waals surface area contributed by atoms with E-state index in [0.717, 1.165) is 24.3 Å². The molecular formula is C15H22N2O2S. The number of rotatable bonds is 8. The first-order valence-electron chi connectivity index (χ1n) is 6.76. The monoisotopic (exact) mass is 294 g/mol. The number of amides is 1. The molecule has 1 rings (SSSR count). The van der Waals surface area contributed by atoms with E-state index in [1.165, 1.54) is 0 Å². The molecule has 0 saturated heterocycles. The number of carbonyl (C=O) groups is 1. The van der Waals surface area contributed by atoms with Crippen LogP contribution in [0, 0.1) is 5.92 Å². The maximum absolute atomic E-state index is 11.7. The van der Waals surface area contributed by atoms with Crippen LogP contribution in [0.5, 0.6) is 0 Å². The van der Waals surface area contributed by atoms with Crippen LogP contribution in [0.25, 0.3) is 0 Å². The van der Waals surface area contributed by atoms with Crippen LogP contribution in [0.3, 0.4) is 0 Å². The van der Waals surface area contributed by atoms with Crippen molar-refractivity contribution in [2.75, 3.05) is 18.5 Å². The van der Waals surface area contributed by atoms with Crippen molar-refractivity contribution < 1.29 is 9.53 Å². The van der Waals surface area contributed by atoms with Gasteiger partial charge in [0.2, 0.25) is 5.91 Å². The Morgan fingerprint density at radius 3 is 2.55 bits per heavy atom. The Morgan fingerprint density at radius 1 is 1.35 bits per heavy atom. The Labute approximate surface area is 125 Å². The summed E-state index contributed by atoms with van der Waals surface area (Å²) >= 11 is 4.87. The predicted octanol–water partition coefficient (Wildman–Crippen LogP) is 2.71. The predicted molar refractivity (Wildman–Crippen MR) is 85.9 cm³/mol. The number of benzene rings is 1. The average molecular weight is 294 g/mol. The molecule has 4 nitrogen and oxygen atoms in total. The fourth-order valence-corrected chi connectivity index (χ4v) is 1.73.